The molecule has 90 valence electrons. The van der Waals surface area contributed by atoms with Gasteiger partial charge in [-0.3, -0.25) is 4.98 Å². The van der Waals surface area contributed by atoms with E-state index in [2.05, 4.69) is 58.9 Å². The van der Waals surface area contributed by atoms with E-state index in [1.54, 1.807) is 11.3 Å². The molecule has 2 heterocycles. The van der Waals surface area contributed by atoms with E-state index in [9.17, 15) is 0 Å². The van der Waals surface area contributed by atoms with Crippen LogP contribution in [0.3, 0.4) is 0 Å². The molecular weight excluding hydrogens is 250 g/mol. The number of nitrogens with zero attached hydrogens (tertiary/aromatic N) is 1. The molecule has 1 nitrogen and oxygen atoms in total. The number of para-hydroxylation sites is 1. The Hall–Kier alpha value is -2.19. The summed E-state index contributed by atoms with van der Waals surface area (Å²) in [6.45, 7) is 0. The molecule has 2 heteroatoms. The van der Waals surface area contributed by atoms with E-state index in [1.807, 2.05) is 12.3 Å². The van der Waals surface area contributed by atoms with Crippen molar-refractivity contribution >= 4 is 32.3 Å². The SMILES string of the molecule is c1cnc2c(-c3cccc4sccc34)cccc2c1. The molecule has 0 saturated carbocycles. The molecule has 0 fully saturated rings. The van der Waals surface area contributed by atoms with Gasteiger partial charge in [-0.05, 0) is 29.1 Å². The lowest BCUT2D eigenvalue weighted by Gasteiger charge is -2.07. The Balaban J connectivity index is 2.12. The first kappa shape index (κ1) is 10.7. The highest BCUT2D eigenvalue weighted by Gasteiger charge is 2.08. The molecule has 0 aliphatic carbocycles. The van der Waals surface area contributed by atoms with Crippen molar-refractivity contribution in [3.63, 3.8) is 0 Å². The fraction of sp³-hybridized carbons (Fsp3) is 0. The van der Waals surface area contributed by atoms with E-state index in [-0.39, 0.29) is 0 Å². The van der Waals surface area contributed by atoms with Crippen molar-refractivity contribution in [2.45, 2.75) is 0 Å². The minimum Gasteiger partial charge on any atom is -0.256 e. The van der Waals surface area contributed by atoms with Gasteiger partial charge in [0.05, 0.1) is 5.52 Å². The molecule has 4 aromatic rings. The standard InChI is InChI=1S/C17H11NS/c1-4-12-5-3-10-18-17(12)15(7-1)13-6-2-8-16-14(13)9-11-19-16/h1-11H. The van der Waals surface area contributed by atoms with Gasteiger partial charge in [-0.25, -0.2) is 0 Å². The number of pyridine rings is 1. The summed E-state index contributed by atoms with van der Waals surface area (Å²) in [5.74, 6) is 0. The molecule has 0 saturated heterocycles. The van der Waals surface area contributed by atoms with Crippen LogP contribution in [-0.4, -0.2) is 4.98 Å². The molecule has 0 aliphatic heterocycles. The molecule has 0 unspecified atom stereocenters. The fourth-order valence-corrected chi connectivity index (χ4v) is 3.36. The Labute approximate surface area is 115 Å². The second kappa shape index (κ2) is 4.18. The average molecular weight is 261 g/mol. The van der Waals surface area contributed by atoms with E-state index in [0.717, 1.165) is 5.52 Å². The van der Waals surface area contributed by atoms with Gasteiger partial charge in [0, 0.05) is 27.2 Å². The van der Waals surface area contributed by atoms with Crippen LogP contribution in [0, 0.1) is 0 Å². The summed E-state index contributed by atoms with van der Waals surface area (Å²) >= 11 is 1.78. The van der Waals surface area contributed by atoms with Gasteiger partial charge in [-0.15, -0.1) is 11.3 Å². The van der Waals surface area contributed by atoms with Crippen LogP contribution in [0.2, 0.25) is 0 Å². The summed E-state index contributed by atoms with van der Waals surface area (Å²) in [6, 6.07) is 19.1. The highest BCUT2D eigenvalue weighted by atomic mass is 32.1. The molecule has 0 radical (unpaired) electrons. The first-order valence-electron chi connectivity index (χ1n) is 6.24. The molecule has 0 amide bonds. The van der Waals surface area contributed by atoms with Crippen molar-refractivity contribution in [3.05, 3.63) is 66.2 Å². The topological polar surface area (TPSA) is 12.9 Å². The van der Waals surface area contributed by atoms with Crippen molar-refractivity contribution in [2.24, 2.45) is 0 Å². The number of aromatic nitrogens is 1. The minimum absolute atomic E-state index is 1.07. The molecule has 4 rings (SSSR count). The molecular formula is C17H11NS. The molecule has 0 spiro atoms. The molecule has 0 bridgehead atoms. The third kappa shape index (κ3) is 1.65. The van der Waals surface area contributed by atoms with Gasteiger partial charge in [0.2, 0.25) is 0 Å². The molecule has 0 aliphatic rings. The van der Waals surface area contributed by atoms with Crippen LogP contribution in [0.5, 0.6) is 0 Å². The highest BCUT2D eigenvalue weighted by Crippen LogP contribution is 2.34. The average Bonchev–Trinajstić information content (AvgIpc) is 2.95. The molecule has 0 N–H and O–H groups in total. The Bertz CT molecular complexity index is 871. The third-order valence-electron chi connectivity index (χ3n) is 3.42. The van der Waals surface area contributed by atoms with Gasteiger partial charge < -0.3 is 0 Å². The maximum atomic E-state index is 4.55. The summed E-state index contributed by atoms with van der Waals surface area (Å²) in [4.78, 5) is 4.55. The quantitative estimate of drug-likeness (QED) is 0.463. The second-order valence-corrected chi connectivity index (χ2v) is 5.47. The minimum atomic E-state index is 1.07. The van der Waals surface area contributed by atoms with Crippen LogP contribution in [0.4, 0.5) is 0 Å². The van der Waals surface area contributed by atoms with Gasteiger partial charge >= 0.3 is 0 Å². The van der Waals surface area contributed by atoms with Crippen molar-refractivity contribution in [3.8, 4) is 11.1 Å². The third-order valence-corrected chi connectivity index (χ3v) is 4.30. The summed E-state index contributed by atoms with van der Waals surface area (Å²) in [5, 5.41) is 4.64. The number of hydrogen-bond acceptors (Lipinski definition) is 2. The van der Waals surface area contributed by atoms with Crippen LogP contribution in [0.15, 0.2) is 66.2 Å². The molecule has 2 aromatic carbocycles. The van der Waals surface area contributed by atoms with E-state index in [0.29, 0.717) is 0 Å². The zero-order chi connectivity index (χ0) is 12.7. The number of hydrogen-bond donors (Lipinski definition) is 0. The zero-order valence-electron chi connectivity index (χ0n) is 10.2. The highest BCUT2D eigenvalue weighted by molar-refractivity contribution is 7.17. The smallest absolute Gasteiger partial charge is 0.0780 e. The van der Waals surface area contributed by atoms with Crippen LogP contribution < -0.4 is 0 Å². The van der Waals surface area contributed by atoms with Crippen LogP contribution in [0.25, 0.3) is 32.1 Å². The molecule has 19 heavy (non-hydrogen) atoms. The maximum Gasteiger partial charge on any atom is 0.0780 e. The van der Waals surface area contributed by atoms with E-state index >= 15 is 0 Å². The first-order valence-corrected chi connectivity index (χ1v) is 7.12. The van der Waals surface area contributed by atoms with E-state index < -0.39 is 0 Å². The van der Waals surface area contributed by atoms with Gasteiger partial charge in [-0.2, -0.15) is 0 Å². The lowest BCUT2D eigenvalue weighted by atomic mass is 9.99. The number of thiophene rings is 1. The zero-order valence-corrected chi connectivity index (χ0v) is 11.0. The van der Waals surface area contributed by atoms with Crippen molar-refractivity contribution in [1.82, 2.24) is 4.98 Å². The lowest BCUT2D eigenvalue weighted by Crippen LogP contribution is -1.84. The van der Waals surface area contributed by atoms with Crippen LogP contribution in [0.1, 0.15) is 0 Å². The fourth-order valence-electron chi connectivity index (χ4n) is 2.55. The van der Waals surface area contributed by atoms with Crippen LogP contribution in [-0.2, 0) is 0 Å². The van der Waals surface area contributed by atoms with Crippen molar-refractivity contribution in [1.29, 1.82) is 0 Å². The van der Waals surface area contributed by atoms with E-state index in [1.165, 1.54) is 26.6 Å². The summed E-state index contributed by atoms with van der Waals surface area (Å²) in [5.41, 5.74) is 3.55. The first-order chi connectivity index (χ1) is 9.43. The van der Waals surface area contributed by atoms with E-state index in [4.69, 9.17) is 0 Å². The summed E-state index contributed by atoms with van der Waals surface area (Å²) in [6.07, 6.45) is 1.86. The van der Waals surface area contributed by atoms with Gasteiger partial charge in [0.15, 0.2) is 0 Å². The van der Waals surface area contributed by atoms with Gasteiger partial charge in [0.25, 0.3) is 0 Å². The van der Waals surface area contributed by atoms with Crippen molar-refractivity contribution in [2.75, 3.05) is 0 Å². The summed E-state index contributed by atoms with van der Waals surface area (Å²) in [7, 11) is 0. The predicted molar refractivity (Wildman–Crippen MR) is 82.6 cm³/mol. The monoisotopic (exact) mass is 261 g/mol. The summed E-state index contributed by atoms with van der Waals surface area (Å²) < 4.78 is 1.32. The number of benzene rings is 2. The largest absolute Gasteiger partial charge is 0.256 e. The van der Waals surface area contributed by atoms with Crippen molar-refractivity contribution < 1.29 is 0 Å². The maximum absolute atomic E-state index is 4.55. The van der Waals surface area contributed by atoms with Gasteiger partial charge in [-0.1, -0.05) is 36.4 Å². The normalized spacial score (nSPS) is 11.2. The molecule has 2 aromatic heterocycles. The second-order valence-electron chi connectivity index (χ2n) is 4.52. The predicted octanol–water partition coefficient (Wildman–Crippen LogP) is 5.12. The Kier molecular flexibility index (Phi) is 2.35. The Morgan fingerprint density at radius 1 is 0.789 bits per heavy atom. The Morgan fingerprint density at radius 2 is 1.63 bits per heavy atom. The number of fused-ring (bicyclic) bond motifs is 2. The van der Waals surface area contributed by atoms with Gasteiger partial charge in [0.1, 0.15) is 0 Å². The molecule has 0 atom stereocenters. The number of rotatable bonds is 1. The van der Waals surface area contributed by atoms with Crippen LogP contribution >= 0.6 is 11.3 Å². The lowest BCUT2D eigenvalue weighted by molar-refractivity contribution is 1.41. The Morgan fingerprint density at radius 3 is 2.63 bits per heavy atom.